The van der Waals surface area contributed by atoms with Gasteiger partial charge in [-0.3, -0.25) is 9.59 Å². The Morgan fingerprint density at radius 1 is 0.923 bits per heavy atom. The number of hydrogen-bond donors (Lipinski definition) is 0. The molecule has 0 atom stereocenters. The smallest absolute Gasteiger partial charge is 0.171 e. The highest BCUT2D eigenvalue weighted by atomic mass is 16.2. The van der Waals surface area contributed by atoms with Crippen LogP contribution >= 0.6 is 0 Å². The highest BCUT2D eigenvalue weighted by Gasteiger charge is 2.35. The van der Waals surface area contributed by atoms with Gasteiger partial charge in [-0.25, -0.2) is 0 Å². The molecule has 0 saturated heterocycles. The first-order valence-electron chi connectivity index (χ1n) is 4.12. The lowest BCUT2D eigenvalue weighted by atomic mass is 9.78. The van der Waals surface area contributed by atoms with E-state index in [9.17, 15) is 9.59 Å². The van der Waals surface area contributed by atoms with Crippen LogP contribution in [0.25, 0.3) is 0 Å². The number of rotatable bonds is 4. The summed E-state index contributed by atoms with van der Waals surface area (Å²) in [6, 6.07) is 0. The van der Waals surface area contributed by atoms with E-state index in [1.165, 1.54) is 0 Å². The Labute approximate surface area is 79.3 Å². The second kappa shape index (κ2) is 3.69. The van der Waals surface area contributed by atoms with Crippen LogP contribution in [0.4, 0.5) is 0 Å². The third-order valence-electron chi connectivity index (χ3n) is 1.91. The van der Waals surface area contributed by atoms with E-state index in [0.717, 1.165) is 0 Å². The number of ketones is 2. The van der Waals surface area contributed by atoms with Crippen LogP contribution in [0.5, 0.6) is 0 Å². The fraction of sp³-hybridized carbons (Fsp3) is 0.455. The van der Waals surface area contributed by atoms with E-state index in [1.54, 1.807) is 27.7 Å². The molecule has 13 heavy (non-hydrogen) atoms. The van der Waals surface area contributed by atoms with E-state index in [2.05, 4.69) is 13.2 Å². The van der Waals surface area contributed by atoms with Crippen LogP contribution < -0.4 is 0 Å². The van der Waals surface area contributed by atoms with Gasteiger partial charge in [-0.2, -0.15) is 0 Å². The van der Waals surface area contributed by atoms with E-state index >= 15 is 0 Å². The molecule has 0 aliphatic carbocycles. The summed E-state index contributed by atoms with van der Waals surface area (Å²) >= 11 is 0. The average Bonchev–Trinajstić information content (AvgIpc) is 2.01. The molecule has 0 aromatic carbocycles. The summed E-state index contributed by atoms with van der Waals surface area (Å²) in [6.45, 7) is 13.5. The SMILES string of the molecule is C=C(C)C(=O)C(C)(C)C(=O)C(=C)C. The summed E-state index contributed by atoms with van der Waals surface area (Å²) < 4.78 is 0. The molecular formula is C11H16O2. The minimum atomic E-state index is -1.02. The van der Waals surface area contributed by atoms with Crippen molar-refractivity contribution in [2.45, 2.75) is 27.7 Å². The van der Waals surface area contributed by atoms with Crippen molar-refractivity contribution in [2.24, 2.45) is 5.41 Å². The van der Waals surface area contributed by atoms with Crippen molar-refractivity contribution in [3.8, 4) is 0 Å². The van der Waals surface area contributed by atoms with Crippen molar-refractivity contribution >= 4 is 11.6 Å². The van der Waals surface area contributed by atoms with E-state index < -0.39 is 5.41 Å². The Morgan fingerprint density at radius 3 is 1.31 bits per heavy atom. The molecule has 0 bridgehead atoms. The second-order valence-corrected chi connectivity index (χ2v) is 3.84. The van der Waals surface area contributed by atoms with Crippen LogP contribution in [0.3, 0.4) is 0 Å². The van der Waals surface area contributed by atoms with Gasteiger partial charge in [0.1, 0.15) is 0 Å². The molecule has 0 saturated carbocycles. The van der Waals surface area contributed by atoms with Crippen molar-refractivity contribution in [3.05, 3.63) is 24.3 Å². The zero-order chi connectivity index (χ0) is 10.8. The zero-order valence-corrected chi connectivity index (χ0v) is 8.73. The van der Waals surface area contributed by atoms with Crippen molar-refractivity contribution < 1.29 is 9.59 Å². The fourth-order valence-corrected chi connectivity index (χ4v) is 1.17. The summed E-state index contributed by atoms with van der Waals surface area (Å²) in [5, 5.41) is 0. The van der Waals surface area contributed by atoms with Crippen LogP contribution in [0, 0.1) is 5.41 Å². The van der Waals surface area contributed by atoms with Crippen molar-refractivity contribution in [3.63, 3.8) is 0 Å². The molecule has 0 unspecified atom stereocenters. The molecule has 0 aromatic heterocycles. The number of carbonyl (C=O) groups is 2. The van der Waals surface area contributed by atoms with Crippen LogP contribution in [0.1, 0.15) is 27.7 Å². The van der Waals surface area contributed by atoms with Gasteiger partial charge in [0.25, 0.3) is 0 Å². The maximum atomic E-state index is 11.5. The molecule has 0 aromatic rings. The predicted molar refractivity (Wildman–Crippen MR) is 53.4 cm³/mol. The van der Waals surface area contributed by atoms with E-state index in [0.29, 0.717) is 11.1 Å². The Hall–Kier alpha value is -1.18. The molecule has 0 fully saturated rings. The first-order valence-corrected chi connectivity index (χ1v) is 4.12. The summed E-state index contributed by atoms with van der Waals surface area (Å²) in [7, 11) is 0. The molecule has 0 amide bonds. The minimum Gasteiger partial charge on any atom is -0.293 e. The maximum absolute atomic E-state index is 11.5. The van der Waals surface area contributed by atoms with Gasteiger partial charge in [-0.15, -0.1) is 0 Å². The lowest BCUT2D eigenvalue weighted by Crippen LogP contribution is -2.34. The Kier molecular flexibility index (Phi) is 3.35. The average molecular weight is 180 g/mol. The highest BCUT2D eigenvalue weighted by Crippen LogP contribution is 2.24. The van der Waals surface area contributed by atoms with E-state index in [1.807, 2.05) is 0 Å². The van der Waals surface area contributed by atoms with Crippen molar-refractivity contribution in [2.75, 3.05) is 0 Å². The minimum absolute atomic E-state index is 0.222. The normalized spacial score (nSPS) is 10.8. The third kappa shape index (κ3) is 2.38. The molecule has 0 aliphatic rings. The molecule has 2 heteroatoms. The van der Waals surface area contributed by atoms with Crippen LogP contribution in [0.2, 0.25) is 0 Å². The standard InChI is InChI=1S/C11H16O2/c1-7(2)9(12)11(5,6)10(13)8(3)4/h1,3H2,2,4-6H3. The number of carbonyl (C=O) groups excluding carboxylic acids is 2. The van der Waals surface area contributed by atoms with E-state index in [-0.39, 0.29) is 11.6 Å². The Bertz CT molecular complexity index is 254. The van der Waals surface area contributed by atoms with Gasteiger partial charge in [0.2, 0.25) is 0 Å². The van der Waals surface area contributed by atoms with Crippen LogP contribution in [0.15, 0.2) is 24.3 Å². The van der Waals surface area contributed by atoms with Gasteiger partial charge in [0, 0.05) is 0 Å². The molecule has 0 N–H and O–H groups in total. The van der Waals surface area contributed by atoms with Gasteiger partial charge < -0.3 is 0 Å². The molecule has 0 rings (SSSR count). The largest absolute Gasteiger partial charge is 0.293 e. The maximum Gasteiger partial charge on any atom is 0.171 e. The van der Waals surface area contributed by atoms with Gasteiger partial charge >= 0.3 is 0 Å². The summed E-state index contributed by atoms with van der Waals surface area (Å²) in [4.78, 5) is 23.1. The van der Waals surface area contributed by atoms with Crippen molar-refractivity contribution in [1.82, 2.24) is 0 Å². The Balaban J connectivity index is 4.97. The predicted octanol–water partition coefficient (Wildman–Crippen LogP) is 2.30. The van der Waals surface area contributed by atoms with Gasteiger partial charge in [0.05, 0.1) is 5.41 Å². The van der Waals surface area contributed by atoms with E-state index in [4.69, 9.17) is 0 Å². The molecule has 0 radical (unpaired) electrons. The monoisotopic (exact) mass is 180 g/mol. The fourth-order valence-electron chi connectivity index (χ4n) is 1.17. The number of hydrogen-bond acceptors (Lipinski definition) is 2. The number of Topliss-reactive ketones (excluding diaryl/α,β-unsaturated/α-hetero) is 2. The second-order valence-electron chi connectivity index (χ2n) is 3.84. The summed E-state index contributed by atoms with van der Waals surface area (Å²) in [5.41, 5.74) is -0.211. The summed E-state index contributed by atoms with van der Waals surface area (Å²) in [6.07, 6.45) is 0. The quantitative estimate of drug-likeness (QED) is 0.491. The lowest BCUT2D eigenvalue weighted by Gasteiger charge is -2.21. The lowest BCUT2D eigenvalue weighted by molar-refractivity contribution is -0.134. The third-order valence-corrected chi connectivity index (χ3v) is 1.91. The highest BCUT2D eigenvalue weighted by molar-refractivity contribution is 6.17. The first-order chi connectivity index (χ1) is 5.71. The Morgan fingerprint density at radius 2 is 1.15 bits per heavy atom. The first kappa shape index (κ1) is 11.8. The molecule has 0 aliphatic heterocycles. The summed E-state index contributed by atoms with van der Waals surface area (Å²) in [5.74, 6) is -0.444. The molecule has 0 heterocycles. The number of allylic oxidation sites excluding steroid dienone is 2. The van der Waals surface area contributed by atoms with Gasteiger partial charge in [0.15, 0.2) is 11.6 Å². The molecule has 2 nitrogen and oxygen atoms in total. The van der Waals surface area contributed by atoms with Crippen molar-refractivity contribution in [1.29, 1.82) is 0 Å². The van der Waals surface area contributed by atoms with Gasteiger partial charge in [-0.05, 0) is 38.8 Å². The molecule has 72 valence electrons. The zero-order valence-electron chi connectivity index (χ0n) is 8.73. The topological polar surface area (TPSA) is 34.1 Å². The van der Waals surface area contributed by atoms with Gasteiger partial charge in [-0.1, -0.05) is 13.2 Å². The van der Waals surface area contributed by atoms with Crippen LogP contribution in [-0.2, 0) is 9.59 Å². The molecule has 0 spiro atoms. The van der Waals surface area contributed by atoms with Crippen LogP contribution in [-0.4, -0.2) is 11.6 Å². The molecular weight excluding hydrogens is 164 g/mol.